The minimum absolute atomic E-state index is 0.149. The molecule has 2 aromatic rings. The minimum atomic E-state index is -0.934. The molecule has 0 radical (unpaired) electrons. The Balaban J connectivity index is 1.63. The molecule has 1 heterocycles. The number of rotatable bonds is 4. The molecule has 0 aromatic heterocycles. The van der Waals surface area contributed by atoms with Crippen LogP contribution >= 0.6 is 0 Å². The molecule has 1 aliphatic rings. The van der Waals surface area contributed by atoms with Crippen LogP contribution in [0.4, 0.5) is 8.78 Å². The van der Waals surface area contributed by atoms with Crippen LogP contribution in [-0.2, 0) is 11.2 Å². The lowest BCUT2D eigenvalue weighted by atomic mass is 10.0. The average Bonchev–Trinajstić information content (AvgIpc) is 3.02. The van der Waals surface area contributed by atoms with Gasteiger partial charge in [-0.05, 0) is 41.7 Å². The molecule has 0 bridgehead atoms. The summed E-state index contributed by atoms with van der Waals surface area (Å²) in [5.74, 6) is -0.463. The number of carbonyl (C=O) groups is 1. The summed E-state index contributed by atoms with van der Waals surface area (Å²) in [5, 5.41) is 0. The number of amides is 1. The predicted molar refractivity (Wildman–Crippen MR) is 89.6 cm³/mol. The van der Waals surface area contributed by atoms with E-state index in [1.165, 1.54) is 17.0 Å². The van der Waals surface area contributed by atoms with Crippen LogP contribution in [0.3, 0.4) is 0 Å². The van der Waals surface area contributed by atoms with E-state index < -0.39 is 12.2 Å². The van der Waals surface area contributed by atoms with Gasteiger partial charge in [0.05, 0.1) is 12.6 Å². The highest BCUT2D eigenvalue weighted by molar-refractivity contribution is 5.82. The first kappa shape index (κ1) is 16.6. The van der Waals surface area contributed by atoms with Crippen LogP contribution in [0.1, 0.15) is 12.0 Å². The molecular weight excluding hydrogens is 310 g/mol. The normalized spacial score (nSPS) is 18.6. The highest BCUT2D eigenvalue weighted by Crippen LogP contribution is 2.21. The number of alkyl halides is 1. The molecule has 1 aliphatic heterocycles. The molecule has 5 heteroatoms. The molecule has 0 aliphatic carbocycles. The molecule has 1 unspecified atom stereocenters. The van der Waals surface area contributed by atoms with Gasteiger partial charge in [-0.3, -0.25) is 4.79 Å². The summed E-state index contributed by atoms with van der Waals surface area (Å²) in [6, 6.07) is 13.3. The van der Waals surface area contributed by atoms with Gasteiger partial charge in [-0.15, -0.1) is 0 Å². The standard InChI is InChI=1S/C19H20F2N2O/c20-16-7-5-15(6-8-16)14-3-1-13(2-4-14)11-18(22)19(24)23-10-9-17(21)12-23/h1-8,17-18H,9-12,22H2/t17?,18-/m0/s1. The Labute approximate surface area is 140 Å². The van der Waals surface area contributed by atoms with Crippen molar-refractivity contribution in [3.8, 4) is 11.1 Å². The van der Waals surface area contributed by atoms with E-state index in [-0.39, 0.29) is 18.3 Å². The van der Waals surface area contributed by atoms with Crippen molar-refractivity contribution in [3.05, 3.63) is 59.9 Å². The molecule has 2 aromatic carbocycles. The van der Waals surface area contributed by atoms with Crippen LogP contribution in [0, 0.1) is 5.82 Å². The van der Waals surface area contributed by atoms with Crippen molar-refractivity contribution in [2.45, 2.75) is 25.1 Å². The maximum Gasteiger partial charge on any atom is 0.239 e. The quantitative estimate of drug-likeness (QED) is 0.937. The number of carbonyl (C=O) groups excluding carboxylic acids is 1. The lowest BCUT2D eigenvalue weighted by molar-refractivity contribution is -0.131. The molecular formula is C19H20F2N2O. The van der Waals surface area contributed by atoms with Crippen molar-refractivity contribution < 1.29 is 13.6 Å². The molecule has 24 heavy (non-hydrogen) atoms. The van der Waals surface area contributed by atoms with Gasteiger partial charge in [0.1, 0.15) is 12.0 Å². The zero-order chi connectivity index (χ0) is 17.1. The first-order valence-corrected chi connectivity index (χ1v) is 8.06. The van der Waals surface area contributed by atoms with Gasteiger partial charge >= 0.3 is 0 Å². The van der Waals surface area contributed by atoms with E-state index in [9.17, 15) is 13.6 Å². The molecule has 3 rings (SSSR count). The van der Waals surface area contributed by atoms with Crippen molar-refractivity contribution in [3.63, 3.8) is 0 Å². The third-order valence-electron chi connectivity index (χ3n) is 4.35. The summed E-state index contributed by atoms with van der Waals surface area (Å²) >= 11 is 0. The topological polar surface area (TPSA) is 46.3 Å². The van der Waals surface area contributed by atoms with Crippen LogP contribution in [0.5, 0.6) is 0 Å². The molecule has 1 amide bonds. The molecule has 0 spiro atoms. The predicted octanol–water partition coefficient (Wildman–Crippen LogP) is 2.93. The zero-order valence-electron chi connectivity index (χ0n) is 13.3. The minimum Gasteiger partial charge on any atom is -0.338 e. The number of halogens is 2. The molecule has 1 fully saturated rings. The third kappa shape index (κ3) is 3.79. The second kappa shape index (κ2) is 7.09. The maximum absolute atomic E-state index is 13.2. The van der Waals surface area contributed by atoms with E-state index >= 15 is 0 Å². The SMILES string of the molecule is N[C@@H](Cc1ccc(-c2ccc(F)cc2)cc1)C(=O)N1CCC(F)C1. The summed E-state index contributed by atoms with van der Waals surface area (Å²) < 4.78 is 26.2. The Morgan fingerprint density at radius 2 is 1.71 bits per heavy atom. The number of likely N-dealkylation sites (tertiary alicyclic amines) is 1. The summed E-state index contributed by atoms with van der Waals surface area (Å²) in [6.45, 7) is 0.591. The van der Waals surface area contributed by atoms with Gasteiger partial charge < -0.3 is 10.6 Å². The zero-order valence-corrected chi connectivity index (χ0v) is 13.3. The fraction of sp³-hybridized carbons (Fsp3) is 0.316. The fourth-order valence-corrected chi connectivity index (χ4v) is 2.97. The Hall–Kier alpha value is -2.27. The van der Waals surface area contributed by atoms with E-state index in [1.807, 2.05) is 24.3 Å². The Morgan fingerprint density at radius 1 is 1.12 bits per heavy atom. The first-order chi connectivity index (χ1) is 11.5. The van der Waals surface area contributed by atoms with Crippen molar-refractivity contribution in [2.75, 3.05) is 13.1 Å². The Morgan fingerprint density at radius 3 is 2.25 bits per heavy atom. The summed E-state index contributed by atoms with van der Waals surface area (Å²) in [6.07, 6.45) is -0.128. The number of hydrogen-bond acceptors (Lipinski definition) is 2. The second-order valence-corrected chi connectivity index (χ2v) is 6.18. The van der Waals surface area contributed by atoms with Crippen LogP contribution in [0.15, 0.2) is 48.5 Å². The molecule has 1 saturated heterocycles. The maximum atomic E-state index is 13.2. The largest absolute Gasteiger partial charge is 0.338 e. The van der Waals surface area contributed by atoms with Crippen LogP contribution in [0.2, 0.25) is 0 Å². The van der Waals surface area contributed by atoms with Crippen molar-refractivity contribution in [2.24, 2.45) is 5.73 Å². The number of benzene rings is 2. The number of hydrogen-bond donors (Lipinski definition) is 1. The van der Waals surface area contributed by atoms with Gasteiger partial charge in [-0.2, -0.15) is 0 Å². The fourth-order valence-electron chi connectivity index (χ4n) is 2.97. The van der Waals surface area contributed by atoms with Gasteiger partial charge in [0.25, 0.3) is 0 Å². The number of nitrogens with zero attached hydrogens (tertiary/aromatic N) is 1. The van der Waals surface area contributed by atoms with E-state index in [0.717, 1.165) is 16.7 Å². The van der Waals surface area contributed by atoms with Gasteiger partial charge in [-0.1, -0.05) is 36.4 Å². The van der Waals surface area contributed by atoms with Crippen LogP contribution in [-0.4, -0.2) is 36.1 Å². The Kier molecular flexibility index (Phi) is 4.90. The molecule has 2 N–H and O–H groups in total. The van der Waals surface area contributed by atoms with E-state index in [1.54, 1.807) is 12.1 Å². The monoisotopic (exact) mass is 330 g/mol. The van der Waals surface area contributed by atoms with Crippen molar-refractivity contribution in [1.82, 2.24) is 4.90 Å². The van der Waals surface area contributed by atoms with Crippen LogP contribution < -0.4 is 5.73 Å². The van der Waals surface area contributed by atoms with Crippen molar-refractivity contribution in [1.29, 1.82) is 0 Å². The van der Waals surface area contributed by atoms with Gasteiger partial charge in [0, 0.05) is 6.54 Å². The van der Waals surface area contributed by atoms with Crippen molar-refractivity contribution >= 4 is 5.91 Å². The third-order valence-corrected chi connectivity index (χ3v) is 4.35. The van der Waals surface area contributed by atoms with Gasteiger partial charge in [0.2, 0.25) is 5.91 Å². The molecule has 126 valence electrons. The molecule has 3 nitrogen and oxygen atoms in total. The second-order valence-electron chi connectivity index (χ2n) is 6.18. The summed E-state index contributed by atoms with van der Waals surface area (Å²) in [7, 11) is 0. The highest BCUT2D eigenvalue weighted by atomic mass is 19.1. The lowest BCUT2D eigenvalue weighted by Gasteiger charge is -2.20. The Bertz CT molecular complexity index is 700. The lowest BCUT2D eigenvalue weighted by Crippen LogP contribution is -2.44. The van der Waals surface area contributed by atoms with E-state index in [2.05, 4.69) is 0 Å². The van der Waals surface area contributed by atoms with Crippen LogP contribution in [0.25, 0.3) is 11.1 Å². The van der Waals surface area contributed by atoms with Gasteiger partial charge in [0.15, 0.2) is 0 Å². The number of nitrogens with two attached hydrogens (primary N) is 1. The smallest absolute Gasteiger partial charge is 0.239 e. The van der Waals surface area contributed by atoms with E-state index in [0.29, 0.717) is 19.4 Å². The van der Waals surface area contributed by atoms with Gasteiger partial charge in [-0.25, -0.2) is 8.78 Å². The average molecular weight is 330 g/mol. The molecule has 0 saturated carbocycles. The first-order valence-electron chi connectivity index (χ1n) is 8.06. The van der Waals surface area contributed by atoms with E-state index in [4.69, 9.17) is 5.73 Å². The summed E-state index contributed by atoms with van der Waals surface area (Å²) in [4.78, 5) is 13.7. The summed E-state index contributed by atoms with van der Waals surface area (Å²) in [5.41, 5.74) is 8.82. The molecule has 2 atom stereocenters. The highest BCUT2D eigenvalue weighted by Gasteiger charge is 2.29.